The molecular weight excluding hydrogens is 236 g/mol. The van der Waals surface area contributed by atoms with E-state index in [1.54, 1.807) is 11.3 Å². The molecule has 1 N–H and O–H groups in total. The molecule has 2 aromatic heterocycles. The minimum atomic E-state index is 0.981. The number of nitrogens with zero attached hydrogens (tertiary/aromatic N) is 1. The van der Waals surface area contributed by atoms with Gasteiger partial charge in [0.25, 0.3) is 0 Å². The van der Waals surface area contributed by atoms with Crippen molar-refractivity contribution in [2.24, 2.45) is 0 Å². The molecule has 0 unspecified atom stereocenters. The number of aromatic nitrogens is 1. The van der Waals surface area contributed by atoms with Crippen LogP contribution in [0.4, 0.5) is 0 Å². The van der Waals surface area contributed by atoms with Crippen molar-refractivity contribution in [3.8, 4) is 0 Å². The van der Waals surface area contributed by atoms with Gasteiger partial charge in [-0.3, -0.25) is 4.98 Å². The fraction of sp³-hybridized carbons (Fsp3) is 0.250. The smallest absolute Gasteiger partial charge is 0.0300 e. The Bertz CT molecular complexity index is 387. The Kier molecular flexibility index (Phi) is 4.86. The van der Waals surface area contributed by atoms with Crippen LogP contribution in [0.1, 0.15) is 4.88 Å². The van der Waals surface area contributed by atoms with Crippen molar-refractivity contribution in [3.63, 3.8) is 0 Å². The molecule has 0 fully saturated rings. The number of nitrogens with one attached hydrogen (secondary N) is 1. The molecule has 2 nitrogen and oxygen atoms in total. The summed E-state index contributed by atoms with van der Waals surface area (Å²) in [5, 5.41) is 5.55. The Morgan fingerprint density at radius 2 is 2.12 bits per heavy atom. The van der Waals surface area contributed by atoms with E-state index in [0.29, 0.717) is 0 Å². The Labute approximate surface area is 104 Å². The molecule has 2 heterocycles. The first-order valence-corrected chi connectivity index (χ1v) is 7.07. The van der Waals surface area contributed by atoms with Crippen LogP contribution in [0.25, 0.3) is 0 Å². The highest BCUT2D eigenvalue weighted by Gasteiger charge is 1.94. The van der Waals surface area contributed by atoms with Gasteiger partial charge < -0.3 is 5.32 Å². The number of hydrogen-bond donors (Lipinski definition) is 1. The summed E-state index contributed by atoms with van der Waals surface area (Å²) in [7, 11) is 0. The highest BCUT2D eigenvalue weighted by Crippen LogP contribution is 2.15. The van der Waals surface area contributed by atoms with E-state index in [0.717, 1.165) is 18.8 Å². The molecule has 84 valence electrons. The molecule has 0 aliphatic heterocycles. The van der Waals surface area contributed by atoms with Gasteiger partial charge in [-0.05, 0) is 23.6 Å². The second-order valence-corrected chi connectivity index (χ2v) is 5.49. The van der Waals surface area contributed by atoms with Crippen molar-refractivity contribution in [1.82, 2.24) is 10.3 Å². The summed E-state index contributed by atoms with van der Waals surface area (Å²) >= 11 is 3.66. The summed E-state index contributed by atoms with van der Waals surface area (Å²) in [5.74, 6) is 1.09. The van der Waals surface area contributed by atoms with Crippen LogP contribution < -0.4 is 5.32 Å². The fourth-order valence-electron chi connectivity index (χ4n) is 1.30. The van der Waals surface area contributed by atoms with E-state index in [2.05, 4.69) is 27.8 Å². The second kappa shape index (κ2) is 6.68. The van der Waals surface area contributed by atoms with Gasteiger partial charge in [0.1, 0.15) is 0 Å². The molecule has 0 aliphatic rings. The van der Waals surface area contributed by atoms with Crippen molar-refractivity contribution in [2.45, 2.75) is 11.4 Å². The largest absolute Gasteiger partial charge is 0.311 e. The minimum Gasteiger partial charge on any atom is -0.311 e. The predicted molar refractivity (Wildman–Crippen MR) is 71.0 cm³/mol. The van der Waals surface area contributed by atoms with Crippen molar-refractivity contribution in [3.05, 3.63) is 46.9 Å². The molecule has 4 heteroatoms. The third kappa shape index (κ3) is 3.96. The Morgan fingerprint density at radius 1 is 1.25 bits per heavy atom. The second-order valence-electron chi connectivity index (χ2n) is 3.29. The Morgan fingerprint density at radius 3 is 2.88 bits per heavy atom. The van der Waals surface area contributed by atoms with Crippen molar-refractivity contribution >= 4 is 23.1 Å². The van der Waals surface area contributed by atoms with Crippen LogP contribution in [0.15, 0.2) is 46.9 Å². The van der Waals surface area contributed by atoms with E-state index >= 15 is 0 Å². The normalized spacial score (nSPS) is 10.5. The van der Waals surface area contributed by atoms with Crippen LogP contribution in [0.3, 0.4) is 0 Å². The molecule has 0 atom stereocenters. The molecule has 2 aromatic rings. The lowest BCUT2D eigenvalue weighted by Gasteiger charge is -2.03. The summed E-state index contributed by atoms with van der Waals surface area (Å²) in [6, 6.07) is 8.34. The van der Waals surface area contributed by atoms with Crippen LogP contribution in [0.5, 0.6) is 0 Å². The predicted octanol–water partition coefficient (Wildman–Crippen LogP) is 3.03. The Hall–Kier alpha value is -0.840. The summed E-state index contributed by atoms with van der Waals surface area (Å²) in [6.45, 7) is 2.01. The maximum atomic E-state index is 4.00. The van der Waals surface area contributed by atoms with E-state index in [4.69, 9.17) is 0 Å². The fourth-order valence-corrected chi connectivity index (χ4v) is 2.77. The average Bonchev–Trinajstić information content (AvgIpc) is 2.83. The highest BCUT2D eigenvalue weighted by molar-refractivity contribution is 7.99. The zero-order valence-electron chi connectivity index (χ0n) is 8.93. The number of thiophene rings is 1. The van der Waals surface area contributed by atoms with Gasteiger partial charge in [-0.2, -0.15) is 0 Å². The molecule has 0 saturated heterocycles. The van der Waals surface area contributed by atoms with Crippen LogP contribution in [0.2, 0.25) is 0 Å². The van der Waals surface area contributed by atoms with Gasteiger partial charge in [-0.1, -0.05) is 6.07 Å². The SMILES string of the molecule is c1csc(CNCCSc2ccncc2)c1. The van der Waals surface area contributed by atoms with Gasteiger partial charge in [0.15, 0.2) is 0 Å². The van der Waals surface area contributed by atoms with Crippen molar-refractivity contribution < 1.29 is 0 Å². The van der Waals surface area contributed by atoms with Gasteiger partial charge in [-0.25, -0.2) is 0 Å². The van der Waals surface area contributed by atoms with Crippen molar-refractivity contribution in [1.29, 1.82) is 0 Å². The molecule has 0 aromatic carbocycles. The molecular formula is C12H14N2S2. The van der Waals surface area contributed by atoms with Gasteiger partial charge in [0.05, 0.1) is 0 Å². The third-order valence-electron chi connectivity index (χ3n) is 2.08. The summed E-state index contributed by atoms with van der Waals surface area (Å²) in [5.41, 5.74) is 0. The molecule has 0 spiro atoms. The maximum Gasteiger partial charge on any atom is 0.0300 e. The summed E-state index contributed by atoms with van der Waals surface area (Å²) in [4.78, 5) is 6.68. The minimum absolute atomic E-state index is 0.981. The maximum absolute atomic E-state index is 4.00. The standard InChI is InChI=1S/C12H14N2S2/c1-2-12(15-8-1)10-14-7-9-16-11-3-5-13-6-4-11/h1-6,8,14H,7,9-10H2. The van der Waals surface area contributed by atoms with Gasteiger partial charge >= 0.3 is 0 Å². The number of pyridine rings is 1. The lowest BCUT2D eigenvalue weighted by atomic mass is 10.4. The van der Waals surface area contributed by atoms with Crippen molar-refractivity contribution in [2.75, 3.05) is 12.3 Å². The van der Waals surface area contributed by atoms with E-state index in [-0.39, 0.29) is 0 Å². The van der Waals surface area contributed by atoms with Crippen LogP contribution >= 0.6 is 23.1 Å². The van der Waals surface area contributed by atoms with E-state index in [1.165, 1.54) is 9.77 Å². The molecule has 0 amide bonds. The van der Waals surface area contributed by atoms with Gasteiger partial charge in [0, 0.05) is 41.0 Å². The quantitative estimate of drug-likeness (QED) is 0.630. The van der Waals surface area contributed by atoms with E-state index in [9.17, 15) is 0 Å². The molecule has 0 radical (unpaired) electrons. The first-order valence-electron chi connectivity index (χ1n) is 5.21. The highest BCUT2D eigenvalue weighted by atomic mass is 32.2. The van der Waals surface area contributed by atoms with Gasteiger partial charge in [-0.15, -0.1) is 23.1 Å². The zero-order valence-corrected chi connectivity index (χ0v) is 10.6. The summed E-state index contributed by atoms with van der Waals surface area (Å²) < 4.78 is 0. The van der Waals surface area contributed by atoms with Crippen LogP contribution in [-0.2, 0) is 6.54 Å². The molecule has 0 aliphatic carbocycles. The lowest BCUT2D eigenvalue weighted by molar-refractivity contribution is 0.741. The lowest BCUT2D eigenvalue weighted by Crippen LogP contribution is -2.15. The van der Waals surface area contributed by atoms with Gasteiger partial charge in [0.2, 0.25) is 0 Å². The summed E-state index contributed by atoms with van der Waals surface area (Å²) in [6.07, 6.45) is 3.67. The molecule has 0 bridgehead atoms. The first kappa shape index (κ1) is 11.6. The Balaban J connectivity index is 1.59. The zero-order chi connectivity index (χ0) is 11.1. The number of thioether (sulfide) groups is 1. The first-order chi connectivity index (χ1) is 7.95. The van der Waals surface area contributed by atoms with Crippen LogP contribution in [-0.4, -0.2) is 17.3 Å². The van der Waals surface area contributed by atoms with E-state index < -0.39 is 0 Å². The third-order valence-corrected chi connectivity index (χ3v) is 3.97. The van der Waals surface area contributed by atoms with E-state index in [1.807, 2.05) is 36.3 Å². The number of hydrogen-bond acceptors (Lipinski definition) is 4. The number of rotatable bonds is 6. The monoisotopic (exact) mass is 250 g/mol. The average molecular weight is 250 g/mol. The molecule has 0 saturated carbocycles. The van der Waals surface area contributed by atoms with Crippen LogP contribution in [0, 0.1) is 0 Å². The molecule has 2 rings (SSSR count). The topological polar surface area (TPSA) is 24.9 Å². The molecule has 16 heavy (non-hydrogen) atoms.